The molecule has 7 heteroatoms. The molecular formula is C21H33FN4O2. The summed E-state index contributed by atoms with van der Waals surface area (Å²) in [4.78, 5) is 6.87. The fourth-order valence-electron chi connectivity index (χ4n) is 3.85. The number of hydrogen-bond acceptors (Lipinski definition) is 4. The van der Waals surface area contributed by atoms with Crippen molar-refractivity contribution < 1.29 is 13.9 Å². The summed E-state index contributed by atoms with van der Waals surface area (Å²) in [5.74, 6) is 1.43. The summed E-state index contributed by atoms with van der Waals surface area (Å²) < 4.78 is 24.7. The summed E-state index contributed by atoms with van der Waals surface area (Å²) >= 11 is 0. The molecule has 3 rings (SSSR count). The molecule has 2 aliphatic rings. The zero-order chi connectivity index (χ0) is 19.8. The highest BCUT2D eigenvalue weighted by atomic mass is 19.1. The van der Waals surface area contributed by atoms with Gasteiger partial charge in [0.05, 0.1) is 13.2 Å². The molecule has 0 aromatic heterocycles. The van der Waals surface area contributed by atoms with Crippen molar-refractivity contribution in [1.29, 1.82) is 0 Å². The van der Waals surface area contributed by atoms with Crippen LogP contribution in [0.3, 0.4) is 0 Å². The Morgan fingerprint density at radius 1 is 1.32 bits per heavy atom. The van der Waals surface area contributed by atoms with E-state index in [0.29, 0.717) is 30.9 Å². The van der Waals surface area contributed by atoms with E-state index in [-0.39, 0.29) is 5.82 Å². The molecule has 0 amide bonds. The third kappa shape index (κ3) is 6.07. The van der Waals surface area contributed by atoms with Gasteiger partial charge < -0.3 is 25.0 Å². The first kappa shape index (κ1) is 20.9. The molecule has 0 aliphatic carbocycles. The minimum Gasteiger partial charge on any atom is -0.491 e. The predicted octanol–water partition coefficient (Wildman–Crippen LogP) is 2.39. The lowest BCUT2D eigenvalue weighted by atomic mass is 10.0. The molecule has 1 unspecified atom stereocenters. The molecule has 1 atom stereocenters. The van der Waals surface area contributed by atoms with Gasteiger partial charge in [-0.3, -0.25) is 4.99 Å². The Balaban J connectivity index is 1.40. The average molecular weight is 393 g/mol. The maximum absolute atomic E-state index is 14.0. The topological polar surface area (TPSA) is 58.1 Å². The second-order valence-electron chi connectivity index (χ2n) is 7.57. The van der Waals surface area contributed by atoms with Crippen molar-refractivity contribution in [2.24, 2.45) is 10.9 Å². The number of benzene rings is 1. The first-order chi connectivity index (χ1) is 13.7. The molecule has 1 aromatic rings. The van der Waals surface area contributed by atoms with E-state index in [4.69, 9.17) is 9.47 Å². The SMILES string of the molecule is CCOc1ccc(CNC(=NC)NC2CCN(CC3CCOC3)CC2)cc1F. The van der Waals surface area contributed by atoms with E-state index in [9.17, 15) is 4.39 Å². The van der Waals surface area contributed by atoms with Crippen molar-refractivity contribution in [3.63, 3.8) is 0 Å². The van der Waals surface area contributed by atoms with E-state index in [1.807, 2.05) is 13.0 Å². The van der Waals surface area contributed by atoms with Crippen LogP contribution in [0.5, 0.6) is 5.75 Å². The number of aliphatic imine (C=N–C) groups is 1. The molecule has 0 spiro atoms. The number of guanidine groups is 1. The Labute approximate surface area is 167 Å². The fraction of sp³-hybridized carbons (Fsp3) is 0.667. The van der Waals surface area contributed by atoms with Crippen molar-refractivity contribution in [2.75, 3.05) is 46.5 Å². The number of halogens is 1. The summed E-state index contributed by atoms with van der Waals surface area (Å²) in [7, 11) is 1.77. The Morgan fingerprint density at radius 2 is 2.14 bits per heavy atom. The molecule has 2 saturated heterocycles. The van der Waals surface area contributed by atoms with Crippen molar-refractivity contribution in [3.8, 4) is 5.75 Å². The van der Waals surface area contributed by atoms with Crippen molar-refractivity contribution >= 4 is 5.96 Å². The van der Waals surface area contributed by atoms with E-state index in [0.717, 1.165) is 57.2 Å². The smallest absolute Gasteiger partial charge is 0.191 e. The first-order valence-electron chi connectivity index (χ1n) is 10.4. The van der Waals surface area contributed by atoms with Crippen LogP contribution in [0.1, 0.15) is 31.7 Å². The highest BCUT2D eigenvalue weighted by Crippen LogP contribution is 2.19. The number of piperidine rings is 1. The molecule has 1 aromatic carbocycles. The van der Waals surface area contributed by atoms with Crippen LogP contribution in [0, 0.1) is 11.7 Å². The maximum atomic E-state index is 14.0. The quantitative estimate of drug-likeness (QED) is 0.551. The summed E-state index contributed by atoms with van der Waals surface area (Å²) in [6.07, 6.45) is 3.40. The minimum atomic E-state index is -0.330. The lowest BCUT2D eigenvalue weighted by Crippen LogP contribution is -2.49. The normalized spacial score (nSPS) is 21.7. The molecule has 6 nitrogen and oxygen atoms in total. The summed E-state index contributed by atoms with van der Waals surface area (Å²) in [6.45, 7) is 8.03. The highest BCUT2D eigenvalue weighted by molar-refractivity contribution is 5.79. The summed E-state index contributed by atoms with van der Waals surface area (Å²) in [6, 6.07) is 5.48. The van der Waals surface area contributed by atoms with Crippen LogP contribution in [0.2, 0.25) is 0 Å². The molecule has 0 saturated carbocycles. The lowest BCUT2D eigenvalue weighted by Gasteiger charge is -2.34. The van der Waals surface area contributed by atoms with Gasteiger partial charge in [-0.15, -0.1) is 0 Å². The van der Waals surface area contributed by atoms with Gasteiger partial charge in [0.2, 0.25) is 0 Å². The zero-order valence-electron chi connectivity index (χ0n) is 17.0. The zero-order valence-corrected chi connectivity index (χ0v) is 17.0. The Kier molecular flexibility index (Phi) is 7.91. The lowest BCUT2D eigenvalue weighted by molar-refractivity contribution is 0.150. The van der Waals surface area contributed by atoms with Gasteiger partial charge in [-0.05, 0) is 49.8 Å². The van der Waals surface area contributed by atoms with E-state index in [2.05, 4.69) is 20.5 Å². The highest BCUT2D eigenvalue weighted by Gasteiger charge is 2.24. The van der Waals surface area contributed by atoms with Crippen LogP contribution in [-0.4, -0.2) is 63.4 Å². The third-order valence-electron chi connectivity index (χ3n) is 5.45. The van der Waals surface area contributed by atoms with Gasteiger partial charge in [0.25, 0.3) is 0 Å². The van der Waals surface area contributed by atoms with Crippen molar-refractivity contribution in [1.82, 2.24) is 15.5 Å². The van der Waals surface area contributed by atoms with Gasteiger partial charge in [-0.1, -0.05) is 6.07 Å². The van der Waals surface area contributed by atoms with E-state index >= 15 is 0 Å². The molecule has 0 bridgehead atoms. The van der Waals surface area contributed by atoms with Crippen LogP contribution in [0.15, 0.2) is 23.2 Å². The molecule has 2 N–H and O–H groups in total. The van der Waals surface area contributed by atoms with Gasteiger partial charge in [-0.2, -0.15) is 0 Å². The van der Waals surface area contributed by atoms with E-state index in [1.165, 1.54) is 12.5 Å². The Hall–Kier alpha value is -1.86. The fourth-order valence-corrected chi connectivity index (χ4v) is 3.85. The molecule has 2 aliphatic heterocycles. The molecule has 0 radical (unpaired) electrons. The largest absolute Gasteiger partial charge is 0.491 e. The number of likely N-dealkylation sites (tertiary alicyclic amines) is 1. The van der Waals surface area contributed by atoms with Gasteiger partial charge in [0, 0.05) is 45.9 Å². The van der Waals surface area contributed by atoms with Crippen LogP contribution in [0.4, 0.5) is 4.39 Å². The number of nitrogens with one attached hydrogen (secondary N) is 2. The Bertz CT molecular complexity index is 641. The van der Waals surface area contributed by atoms with Gasteiger partial charge in [0.15, 0.2) is 17.5 Å². The van der Waals surface area contributed by atoms with Crippen LogP contribution in [-0.2, 0) is 11.3 Å². The average Bonchev–Trinajstić information content (AvgIpc) is 3.21. The number of nitrogens with zero attached hydrogens (tertiary/aromatic N) is 2. The summed E-state index contributed by atoms with van der Waals surface area (Å²) in [5.41, 5.74) is 0.859. The number of ether oxygens (including phenoxy) is 2. The number of rotatable bonds is 7. The second kappa shape index (κ2) is 10.6. The molecular weight excluding hydrogens is 359 g/mol. The molecule has 156 valence electrons. The van der Waals surface area contributed by atoms with Crippen LogP contribution in [0.25, 0.3) is 0 Å². The first-order valence-corrected chi connectivity index (χ1v) is 10.4. The Morgan fingerprint density at radius 3 is 2.79 bits per heavy atom. The third-order valence-corrected chi connectivity index (χ3v) is 5.45. The molecule has 2 fully saturated rings. The van der Waals surface area contributed by atoms with Crippen LogP contribution < -0.4 is 15.4 Å². The summed E-state index contributed by atoms with van der Waals surface area (Å²) in [5, 5.41) is 6.79. The van der Waals surface area contributed by atoms with Gasteiger partial charge >= 0.3 is 0 Å². The monoisotopic (exact) mass is 392 g/mol. The van der Waals surface area contributed by atoms with E-state index < -0.39 is 0 Å². The maximum Gasteiger partial charge on any atom is 0.191 e. The van der Waals surface area contributed by atoms with Crippen molar-refractivity contribution in [3.05, 3.63) is 29.6 Å². The molecule has 2 heterocycles. The minimum absolute atomic E-state index is 0.296. The van der Waals surface area contributed by atoms with Crippen molar-refractivity contribution in [2.45, 2.75) is 38.8 Å². The van der Waals surface area contributed by atoms with Gasteiger partial charge in [0.1, 0.15) is 0 Å². The van der Waals surface area contributed by atoms with E-state index in [1.54, 1.807) is 13.1 Å². The predicted molar refractivity (Wildman–Crippen MR) is 109 cm³/mol. The van der Waals surface area contributed by atoms with Crippen LogP contribution >= 0.6 is 0 Å². The molecule has 28 heavy (non-hydrogen) atoms. The van der Waals surface area contributed by atoms with Gasteiger partial charge in [-0.25, -0.2) is 4.39 Å². The second-order valence-corrected chi connectivity index (χ2v) is 7.57. The standard InChI is InChI=1S/C21H33FN4O2/c1-3-28-20-5-4-16(12-19(20)22)13-24-21(23-2)25-18-6-9-26(10-7-18)14-17-8-11-27-15-17/h4-5,12,17-18H,3,6-11,13-15H2,1-2H3,(H2,23,24,25). The number of hydrogen-bond donors (Lipinski definition) is 2.